The second-order valence-corrected chi connectivity index (χ2v) is 5.67. The highest BCUT2D eigenvalue weighted by atomic mass is 16.5. The van der Waals surface area contributed by atoms with Crippen molar-refractivity contribution in [3.8, 4) is 0 Å². The summed E-state index contributed by atoms with van der Waals surface area (Å²) in [5.74, 6) is 0.973. The van der Waals surface area contributed by atoms with Crippen LogP contribution in [0.3, 0.4) is 0 Å². The predicted octanol–water partition coefficient (Wildman–Crippen LogP) is 1.47. The maximum atomic E-state index is 11.9. The Bertz CT molecular complexity index is 264. The quantitative estimate of drug-likeness (QED) is 0.782. The molecule has 2 rings (SSSR count). The van der Waals surface area contributed by atoms with Crippen LogP contribution in [0.5, 0.6) is 0 Å². The molecule has 0 aromatic rings. The lowest BCUT2D eigenvalue weighted by molar-refractivity contribution is -0.122. The maximum absolute atomic E-state index is 11.9. The molecule has 1 heterocycles. The van der Waals surface area contributed by atoms with Gasteiger partial charge in [-0.3, -0.25) is 4.79 Å². The Balaban J connectivity index is 1.68. The number of aliphatic hydroxyl groups excluding tert-OH is 1. The van der Waals surface area contributed by atoms with Gasteiger partial charge >= 0.3 is 0 Å². The van der Waals surface area contributed by atoms with Crippen LogP contribution in [-0.4, -0.2) is 36.9 Å². The van der Waals surface area contributed by atoms with Gasteiger partial charge in [0.25, 0.3) is 0 Å². The van der Waals surface area contributed by atoms with Crippen LogP contribution in [0.4, 0.5) is 0 Å². The zero-order valence-electron chi connectivity index (χ0n) is 11.1. The first-order valence-corrected chi connectivity index (χ1v) is 7.27. The fourth-order valence-corrected chi connectivity index (χ4v) is 3.04. The zero-order chi connectivity index (χ0) is 12.8. The van der Waals surface area contributed by atoms with Gasteiger partial charge in [-0.1, -0.05) is 12.8 Å². The number of hydrogen-bond donors (Lipinski definition) is 2. The van der Waals surface area contributed by atoms with Gasteiger partial charge in [-0.2, -0.15) is 0 Å². The average Bonchev–Trinajstić information content (AvgIpc) is 2.90. The number of ether oxygens (including phenoxy) is 1. The molecule has 18 heavy (non-hydrogen) atoms. The zero-order valence-corrected chi connectivity index (χ0v) is 11.1. The lowest BCUT2D eigenvalue weighted by Crippen LogP contribution is -2.43. The summed E-state index contributed by atoms with van der Waals surface area (Å²) in [6.07, 6.45) is 7.03. The van der Waals surface area contributed by atoms with Crippen molar-refractivity contribution in [2.45, 2.75) is 51.0 Å². The Hall–Kier alpha value is -0.610. The molecule has 2 fully saturated rings. The van der Waals surface area contributed by atoms with E-state index in [2.05, 4.69) is 5.32 Å². The average molecular weight is 255 g/mol. The fraction of sp³-hybridized carbons (Fsp3) is 0.929. The summed E-state index contributed by atoms with van der Waals surface area (Å²) in [7, 11) is 0. The van der Waals surface area contributed by atoms with Crippen molar-refractivity contribution in [2.75, 3.05) is 19.8 Å². The lowest BCUT2D eigenvalue weighted by atomic mass is 9.85. The molecule has 1 aliphatic heterocycles. The van der Waals surface area contributed by atoms with Crippen molar-refractivity contribution in [1.82, 2.24) is 5.32 Å². The van der Waals surface area contributed by atoms with Gasteiger partial charge < -0.3 is 15.2 Å². The summed E-state index contributed by atoms with van der Waals surface area (Å²) in [6.45, 7) is 1.86. The number of amides is 1. The standard InChI is InChI=1S/C14H25NO3/c16-9-12-3-1-2-4-13(12)15-14(17)6-5-11-7-8-18-10-11/h11-13,16H,1-10H2,(H,15,17)/t11-,12+,13-/m1/s1. The molecule has 0 bridgehead atoms. The summed E-state index contributed by atoms with van der Waals surface area (Å²) in [5, 5.41) is 12.4. The first-order valence-electron chi connectivity index (χ1n) is 7.27. The molecule has 104 valence electrons. The smallest absolute Gasteiger partial charge is 0.220 e. The van der Waals surface area contributed by atoms with Crippen molar-refractivity contribution in [3.05, 3.63) is 0 Å². The molecule has 4 heteroatoms. The molecule has 2 N–H and O–H groups in total. The molecule has 3 atom stereocenters. The molecule has 0 radical (unpaired) electrons. The van der Waals surface area contributed by atoms with E-state index in [-0.39, 0.29) is 24.5 Å². The van der Waals surface area contributed by atoms with E-state index in [9.17, 15) is 9.90 Å². The number of nitrogens with one attached hydrogen (secondary N) is 1. The molecule has 0 aromatic heterocycles. The van der Waals surface area contributed by atoms with Gasteiger partial charge in [0.1, 0.15) is 0 Å². The third kappa shape index (κ3) is 3.95. The van der Waals surface area contributed by atoms with Gasteiger partial charge in [0.05, 0.1) is 0 Å². The van der Waals surface area contributed by atoms with Crippen LogP contribution in [-0.2, 0) is 9.53 Å². The SMILES string of the molecule is O=C(CC[C@@H]1CCOC1)N[C@@H]1CCCC[C@H]1CO. The molecular weight excluding hydrogens is 230 g/mol. The van der Waals surface area contributed by atoms with Gasteiger partial charge in [-0.15, -0.1) is 0 Å². The van der Waals surface area contributed by atoms with Crippen molar-refractivity contribution in [2.24, 2.45) is 11.8 Å². The third-order valence-electron chi connectivity index (χ3n) is 4.29. The second kappa shape index (κ2) is 7.10. The molecule has 1 aliphatic carbocycles. The van der Waals surface area contributed by atoms with Crippen molar-refractivity contribution in [1.29, 1.82) is 0 Å². The number of carbonyl (C=O) groups is 1. The van der Waals surface area contributed by atoms with Crippen LogP contribution in [0, 0.1) is 11.8 Å². The van der Waals surface area contributed by atoms with Crippen molar-refractivity contribution < 1.29 is 14.6 Å². The number of carbonyl (C=O) groups excluding carboxylic acids is 1. The van der Waals surface area contributed by atoms with E-state index in [0.29, 0.717) is 12.3 Å². The molecule has 0 unspecified atom stereocenters. The summed E-state index contributed by atoms with van der Waals surface area (Å²) in [4.78, 5) is 11.9. The van der Waals surface area contributed by atoms with Gasteiger partial charge in [0.15, 0.2) is 0 Å². The van der Waals surface area contributed by atoms with Crippen molar-refractivity contribution >= 4 is 5.91 Å². The Labute approximate surface area is 109 Å². The van der Waals surface area contributed by atoms with Crippen LogP contribution in [0.25, 0.3) is 0 Å². The number of rotatable bonds is 5. The lowest BCUT2D eigenvalue weighted by Gasteiger charge is -2.31. The predicted molar refractivity (Wildman–Crippen MR) is 69.1 cm³/mol. The number of aliphatic hydroxyl groups is 1. The summed E-state index contributed by atoms with van der Waals surface area (Å²) in [6, 6.07) is 0.191. The third-order valence-corrected chi connectivity index (χ3v) is 4.29. The first kappa shape index (κ1) is 13.8. The van der Waals surface area contributed by atoms with Gasteiger partial charge in [-0.05, 0) is 31.6 Å². The molecule has 1 saturated heterocycles. The normalized spacial score (nSPS) is 32.4. The van der Waals surface area contributed by atoms with Crippen LogP contribution >= 0.6 is 0 Å². The van der Waals surface area contributed by atoms with Crippen LogP contribution in [0.15, 0.2) is 0 Å². The minimum absolute atomic E-state index is 0.146. The molecule has 4 nitrogen and oxygen atoms in total. The van der Waals surface area contributed by atoms with Gasteiger partial charge in [-0.25, -0.2) is 0 Å². The van der Waals surface area contributed by atoms with Crippen LogP contribution < -0.4 is 5.32 Å². The Kier molecular flexibility index (Phi) is 5.45. The molecule has 0 spiro atoms. The van der Waals surface area contributed by atoms with Crippen LogP contribution in [0.1, 0.15) is 44.9 Å². The Morgan fingerprint density at radius 3 is 2.83 bits per heavy atom. The van der Waals surface area contributed by atoms with E-state index in [4.69, 9.17) is 4.74 Å². The van der Waals surface area contributed by atoms with Gasteiger partial charge in [0.2, 0.25) is 5.91 Å². The van der Waals surface area contributed by atoms with E-state index in [1.165, 1.54) is 6.42 Å². The van der Waals surface area contributed by atoms with E-state index < -0.39 is 0 Å². The monoisotopic (exact) mass is 255 g/mol. The van der Waals surface area contributed by atoms with Crippen molar-refractivity contribution in [3.63, 3.8) is 0 Å². The van der Waals surface area contributed by atoms with Crippen LogP contribution in [0.2, 0.25) is 0 Å². The number of hydrogen-bond acceptors (Lipinski definition) is 3. The van der Waals surface area contributed by atoms with E-state index in [0.717, 1.165) is 45.3 Å². The highest BCUT2D eigenvalue weighted by molar-refractivity contribution is 5.76. The second-order valence-electron chi connectivity index (χ2n) is 5.67. The highest BCUT2D eigenvalue weighted by Gasteiger charge is 2.26. The molecular formula is C14H25NO3. The fourth-order valence-electron chi connectivity index (χ4n) is 3.04. The topological polar surface area (TPSA) is 58.6 Å². The minimum atomic E-state index is 0.146. The van der Waals surface area contributed by atoms with Gasteiger partial charge in [0, 0.05) is 38.2 Å². The maximum Gasteiger partial charge on any atom is 0.220 e. The summed E-state index contributed by atoms with van der Waals surface area (Å²) >= 11 is 0. The first-order chi connectivity index (χ1) is 8.79. The van der Waals surface area contributed by atoms with E-state index in [1.54, 1.807) is 0 Å². The summed E-state index contributed by atoms with van der Waals surface area (Å²) in [5.41, 5.74) is 0. The highest BCUT2D eigenvalue weighted by Crippen LogP contribution is 2.24. The summed E-state index contributed by atoms with van der Waals surface area (Å²) < 4.78 is 5.31. The van der Waals surface area contributed by atoms with E-state index in [1.807, 2.05) is 0 Å². The largest absolute Gasteiger partial charge is 0.396 e. The van der Waals surface area contributed by atoms with E-state index >= 15 is 0 Å². The Morgan fingerprint density at radius 1 is 1.28 bits per heavy atom. The Morgan fingerprint density at radius 2 is 2.11 bits per heavy atom. The molecule has 0 aromatic carbocycles. The molecule has 2 aliphatic rings. The minimum Gasteiger partial charge on any atom is -0.396 e. The molecule has 1 amide bonds. The molecule has 1 saturated carbocycles.